The molecule has 0 aromatic heterocycles. The summed E-state index contributed by atoms with van der Waals surface area (Å²) in [4.78, 5) is 11.0. The maximum Gasteiger partial charge on any atom is 0.305 e. The molecule has 1 aromatic carbocycles. The molecule has 0 amide bonds. The number of methoxy groups -OCH3 is 1. The second kappa shape index (κ2) is 6.09. The minimum Gasteiger partial charge on any atom is -0.469 e. The van der Waals surface area contributed by atoms with E-state index in [1.54, 1.807) is 0 Å². The molecule has 0 fully saturated rings. The third kappa shape index (κ3) is 3.94. The Labute approximate surface area is 102 Å². The van der Waals surface area contributed by atoms with Crippen molar-refractivity contribution in [3.8, 4) is 0 Å². The predicted molar refractivity (Wildman–Crippen MR) is 69.2 cm³/mol. The van der Waals surface area contributed by atoms with Gasteiger partial charge in [-0.05, 0) is 31.4 Å². The van der Waals surface area contributed by atoms with Crippen LogP contribution >= 0.6 is 0 Å². The van der Waals surface area contributed by atoms with E-state index in [0.29, 0.717) is 12.8 Å². The van der Waals surface area contributed by atoms with Crippen LogP contribution in [-0.4, -0.2) is 13.1 Å². The van der Waals surface area contributed by atoms with Crippen molar-refractivity contribution in [2.75, 3.05) is 7.11 Å². The molecule has 0 saturated heterocycles. The number of ether oxygens (including phenoxy) is 1. The summed E-state index contributed by atoms with van der Waals surface area (Å²) in [6.45, 7) is 3.97. The molecule has 0 aliphatic carbocycles. The van der Waals surface area contributed by atoms with Crippen molar-refractivity contribution < 1.29 is 9.53 Å². The Hall–Kier alpha value is -1.77. The first kappa shape index (κ1) is 13.3. The maximum absolute atomic E-state index is 11.0. The lowest BCUT2D eigenvalue weighted by Gasteiger charge is -2.06. The van der Waals surface area contributed by atoms with Crippen molar-refractivity contribution in [3.05, 3.63) is 41.0 Å². The smallest absolute Gasteiger partial charge is 0.305 e. The Bertz CT molecular complexity index is 414. The van der Waals surface area contributed by atoms with Crippen molar-refractivity contribution in [2.45, 2.75) is 26.7 Å². The van der Waals surface area contributed by atoms with Crippen molar-refractivity contribution in [3.63, 3.8) is 0 Å². The van der Waals surface area contributed by atoms with Crippen LogP contribution in [0.3, 0.4) is 0 Å². The fourth-order valence-electron chi connectivity index (χ4n) is 1.49. The molecule has 1 rings (SSSR count). The third-order valence-electron chi connectivity index (χ3n) is 2.65. The lowest BCUT2D eigenvalue weighted by atomic mass is 10.0. The summed E-state index contributed by atoms with van der Waals surface area (Å²) in [7, 11) is 1.40. The highest BCUT2D eigenvalue weighted by Gasteiger charge is 2.02. The topological polar surface area (TPSA) is 52.3 Å². The molecule has 17 heavy (non-hydrogen) atoms. The molecule has 2 N–H and O–H groups in total. The first-order valence-corrected chi connectivity index (χ1v) is 5.63. The Kier molecular flexibility index (Phi) is 4.76. The summed E-state index contributed by atoms with van der Waals surface area (Å²) in [5, 5.41) is 0. The van der Waals surface area contributed by atoms with E-state index in [-0.39, 0.29) is 5.97 Å². The highest BCUT2D eigenvalue weighted by Crippen LogP contribution is 2.14. The third-order valence-corrected chi connectivity index (χ3v) is 2.65. The Morgan fingerprint density at radius 3 is 2.29 bits per heavy atom. The van der Waals surface area contributed by atoms with E-state index in [2.05, 4.69) is 4.74 Å². The standard InChI is InChI=1S/C14H19NO2/c1-10(2)14(15)12-7-4-11(5-8-12)6-9-13(16)17-3/h4-5,7-8H,6,9,15H2,1-3H3. The lowest BCUT2D eigenvalue weighted by Crippen LogP contribution is -2.02. The van der Waals surface area contributed by atoms with Crippen LogP contribution in [0.15, 0.2) is 29.8 Å². The summed E-state index contributed by atoms with van der Waals surface area (Å²) < 4.78 is 4.60. The normalized spacial score (nSPS) is 9.82. The molecule has 0 unspecified atom stereocenters. The van der Waals surface area contributed by atoms with Crippen LogP contribution in [0.25, 0.3) is 5.70 Å². The van der Waals surface area contributed by atoms with Gasteiger partial charge in [0.1, 0.15) is 0 Å². The van der Waals surface area contributed by atoms with Crippen LogP contribution < -0.4 is 5.73 Å². The largest absolute Gasteiger partial charge is 0.469 e. The zero-order valence-electron chi connectivity index (χ0n) is 10.6. The molecule has 3 heteroatoms. The summed E-state index contributed by atoms with van der Waals surface area (Å²) >= 11 is 0. The molecular formula is C14H19NO2. The molecule has 0 heterocycles. The molecule has 0 atom stereocenters. The van der Waals surface area contributed by atoms with E-state index in [0.717, 1.165) is 22.4 Å². The fourth-order valence-corrected chi connectivity index (χ4v) is 1.49. The van der Waals surface area contributed by atoms with Crippen molar-refractivity contribution in [1.82, 2.24) is 0 Å². The van der Waals surface area contributed by atoms with Gasteiger partial charge >= 0.3 is 5.97 Å². The number of hydrogen-bond acceptors (Lipinski definition) is 3. The highest BCUT2D eigenvalue weighted by atomic mass is 16.5. The van der Waals surface area contributed by atoms with E-state index >= 15 is 0 Å². The summed E-state index contributed by atoms with van der Waals surface area (Å²) in [5.74, 6) is -0.183. The van der Waals surface area contributed by atoms with E-state index in [4.69, 9.17) is 5.73 Å². The number of hydrogen-bond donors (Lipinski definition) is 1. The Morgan fingerprint density at radius 1 is 1.24 bits per heavy atom. The number of aryl methyl sites for hydroxylation is 1. The molecular weight excluding hydrogens is 214 g/mol. The van der Waals surface area contributed by atoms with Gasteiger partial charge in [-0.3, -0.25) is 4.79 Å². The van der Waals surface area contributed by atoms with Crippen molar-refractivity contribution in [1.29, 1.82) is 0 Å². The predicted octanol–water partition coefficient (Wildman–Crippen LogP) is 2.50. The highest BCUT2D eigenvalue weighted by molar-refractivity contribution is 5.69. The molecule has 0 bridgehead atoms. The van der Waals surface area contributed by atoms with Crippen molar-refractivity contribution >= 4 is 11.7 Å². The Balaban J connectivity index is 2.69. The van der Waals surface area contributed by atoms with Crippen LogP contribution in [0.5, 0.6) is 0 Å². The molecule has 0 spiro atoms. The lowest BCUT2D eigenvalue weighted by molar-refractivity contribution is -0.140. The van der Waals surface area contributed by atoms with Gasteiger partial charge in [0.25, 0.3) is 0 Å². The van der Waals surface area contributed by atoms with E-state index in [1.165, 1.54) is 7.11 Å². The van der Waals surface area contributed by atoms with Crippen LogP contribution in [0.1, 0.15) is 31.4 Å². The first-order chi connectivity index (χ1) is 8.04. The second-order valence-corrected chi connectivity index (χ2v) is 4.19. The van der Waals surface area contributed by atoms with E-state index in [9.17, 15) is 4.79 Å². The first-order valence-electron chi connectivity index (χ1n) is 5.63. The quantitative estimate of drug-likeness (QED) is 0.813. The van der Waals surface area contributed by atoms with Gasteiger partial charge in [0.05, 0.1) is 7.11 Å². The summed E-state index contributed by atoms with van der Waals surface area (Å²) in [6, 6.07) is 7.95. The average molecular weight is 233 g/mol. The monoisotopic (exact) mass is 233 g/mol. The minimum absolute atomic E-state index is 0.183. The van der Waals surface area contributed by atoms with Crippen LogP contribution in [0.2, 0.25) is 0 Å². The fraction of sp³-hybridized carbons (Fsp3) is 0.357. The van der Waals surface area contributed by atoms with Crippen LogP contribution in [0.4, 0.5) is 0 Å². The number of carbonyl (C=O) groups is 1. The number of rotatable bonds is 4. The van der Waals surface area contributed by atoms with Gasteiger partial charge in [-0.15, -0.1) is 0 Å². The summed E-state index contributed by atoms with van der Waals surface area (Å²) in [6.07, 6.45) is 1.11. The van der Waals surface area contributed by atoms with Gasteiger partial charge < -0.3 is 10.5 Å². The van der Waals surface area contributed by atoms with Gasteiger partial charge in [-0.1, -0.05) is 29.8 Å². The van der Waals surface area contributed by atoms with E-state index < -0.39 is 0 Å². The van der Waals surface area contributed by atoms with Crippen LogP contribution in [0, 0.1) is 0 Å². The van der Waals surface area contributed by atoms with Gasteiger partial charge in [0.2, 0.25) is 0 Å². The molecule has 0 aliphatic rings. The molecule has 1 aromatic rings. The average Bonchev–Trinajstić information content (AvgIpc) is 2.35. The number of nitrogens with two attached hydrogens (primary N) is 1. The number of carbonyl (C=O) groups excluding carboxylic acids is 1. The molecule has 0 radical (unpaired) electrons. The summed E-state index contributed by atoms with van der Waals surface area (Å²) in [5.41, 5.74) is 9.98. The number of allylic oxidation sites excluding steroid dienone is 1. The molecule has 3 nitrogen and oxygen atoms in total. The SMILES string of the molecule is COC(=O)CCc1ccc(C(N)=C(C)C)cc1. The van der Waals surface area contributed by atoms with Gasteiger partial charge in [0.15, 0.2) is 0 Å². The number of esters is 1. The second-order valence-electron chi connectivity index (χ2n) is 4.19. The van der Waals surface area contributed by atoms with Crippen molar-refractivity contribution in [2.24, 2.45) is 5.73 Å². The number of benzene rings is 1. The Morgan fingerprint density at radius 2 is 1.82 bits per heavy atom. The zero-order chi connectivity index (χ0) is 12.8. The van der Waals surface area contributed by atoms with Gasteiger partial charge in [0, 0.05) is 12.1 Å². The zero-order valence-corrected chi connectivity index (χ0v) is 10.6. The van der Waals surface area contributed by atoms with Gasteiger partial charge in [-0.2, -0.15) is 0 Å². The van der Waals surface area contributed by atoms with E-state index in [1.807, 2.05) is 38.1 Å². The maximum atomic E-state index is 11.0. The van der Waals surface area contributed by atoms with Crippen LogP contribution in [-0.2, 0) is 16.0 Å². The molecule has 0 aliphatic heterocycles. The molecule has 0 saturated carbocycles. The minimum atomic E-state index is -0.183. The van der Waals surface area contributed by atoms with Gasteiger partial charge in [-0.25, -0.2) is 0 Å². The molecule has 92 valence electrons.